The van der Waals surface area contributed by atoms with Crippen molar-refractivity contribution >= 4 is 5.82 Å². The molecule has 1 rings (SSSR count). The van der Waals surface area contributed by atoms with E-state index < -0.39 is 11.7 Å². The van der Waals surface area contributed by atoms with Crippen LogP contribution in [0.4, 0.5) is 19.0 Å². The van der Waals surface area contributed by atoms with Gasteiger partial charge in [0.25, 0.3) is 0 Å². The van der Waals surface area contributed by atoms with Crippen molar-refractivity contribution in [2.75, 3.05) is 12.4 Å². The molecule has 0 amide bonds. The van der Waals surface area contributed by atoms with Crippen molar-refractivity contribution in [3.8, 4) is 5.88 Å². The molecule has 1 aromatic rings. The van der Waals surface area contributed by atoms with Crippen LogP contribution in [0.2, 0.25) is 0 Å². The Morgan fingerprint density at radius 3 is 2.52 bits per heavy atom. The number of halogens is 3. The highest BCUT2D eigenvalue weighted by Crippen LogP contribution is 2.32. The number of hydrogen-bond donors (Lipinski definition) is 1. The van der Waals surface area contributed by atoms with E-state index in [9.17, 15) is 13.2 Å². The van der Waals surface area contributed by atoms with Crippen LogP contribution in [0, 0.1) is 0 Å². The van der Waals surface area contributed by atoms with Gasteiger partial charge >= 0.3 is 6.18 Å². The van der Waals surface area contributed by atoms with E-state index in [0.717, 1.165) is 37.8 Å². The zero-order valence-corrected chi connectivity index (χ0v) is 12.8. The smallest absolute Gasteiger partial charge is 0.416 e. The molecule has 0 aromatic carbocycles. The lowest BCUT2D eigenvalue weighted by Gasteiger charge is -2.16. The van der Waals surface area contributed by atoms with E-state index in [1.165, 1.54) is 13.5 Å². The Bertz CT molecular complexity index is 435. The van der Waals surface area contributed by atoms with Gasteiger partial charge in [0.05, 0.1) is 11.7 Å². The van der Waals surface area contributed by atoms with Crippen LogP contribution >= 0.6 is 0 Å². The Kier molecular flexibility index (Phi) is 6.78. The molecule has 0 saturated heterocycles. The highest BCUT2D eigenvalue weighted by molar-refractivity contribution is 5.42. The number of unbranched alkanes of at least 4 members (excludes halogenated alkanes) is 3. The molecule has 1 heterocycles. The van der Waals surface area contributed by atoms with Crippen LogP contribution in [0.5, 0.6) is 5.88 Å². The molecule has 1 N–H and O–H groups in total. The number of rotatable bonds is 8. The predicted molar refractivity (Wildman–Crippen MR) is 77.6 cm³/mol. The Morgan fingerprint density at radius 2 is 1.95 bits per heavy atom. The molecule has 0 bridgehead atoms. The molecule has 120 valence electrons. The van der Waals surface area contributed by atoms with Gasteiger partial charge in [-0.3, -0.25) is 0 Å². The second-order valence-electron chi connectivity index (χ2n) is 5.10. The van der Waals surface area contributed by atoms with E-state index in [-0.39, 0.29) is 17.8 Å². The van der Waals surface area contributed by atoms with E-state index in [1.54, 1.807) is 0 Å². The van der Waals surface area contributed by atoms with Crippen LogP contribution in [0.3, 0.4) is 0 Å². The van der Waals surface area contributed by atoms with Gasteiger partial charge in [-0.05, 0) is 25.8 Å². The first-order valence-corrected chi connectivity index (χ1v) is 7.30. The molecule has 6 heteroatoms. The molecule has 0 radical (unpaired) electrons. The first-order valence-electron chi connectivity index (χ1n) is 7.30. The largest absolute Gasteiger partial charge is 0.475 e. The van der Waals surface area contributed by atoms with Gasteiger partial charge in [0, 0.05) is 13.1 Å². The summed E-state index contributed by atoms with van der Waals surface area (Å²) in [6.45, 7) is 3.98. The lowest BCUT2D eigenvalue weighted by atomic mass is 10.1. The maximum Gasteiger partial charge on any atom is 0.416 e. The van der Waals surface area contributed by atoms with Crippen LogP contribution < -0.4 is 10.1 Å². The fraction of sp³-hybridized carbons (Fsp3) is 0.667. The average Bonchev–Trinajstić information content (AvgIpc) is 2.42. The SMILES string of the molecule is CCCCCCC(C)Oc1cc(C(F)(F)F)cc(NC)n1. The van der Waals surface area contributed by atoms with E-state index >= 15 is 0 Å². The average molecular weight is 304 g/mol. The van der Waals surface area contributed by atoms with Crippen LogP contribution in [0.1, 0.15) is 51.5 Å². The van der Waals surface area contributed by atoms with E-state index in [1.807, 2.05) is 6.92 Å². The lowest BCUT2D eigenvalue weighted by molar-refractivity contribution is -0.137. The third kappa shape index (κ3) is 6.23. The van der Waals surface area contributed by atoms with Crippen molar-refractivity contribution in [3.63, 3.8) is 0 Å². The van der Waals surface area contributed by atoms with Crippen molar-refractivity contribution in [1.29, 1.82) is 0 Å². The zero-order chi connectivity index (χ0) is 15.9. The molecule has 1 aromatic heterocycles. The van der Waals surface area contributed by atoms with Gasteiger partial charge in [-0.1, -0.05) is 26.2 Å². The molecule has 1 atom stereocenters. The molecule has 0 spiro atoms. The summed E-state index contributed by atoms with van der Waals surface area (Å²) in [5, 5.41) is 2.62. The number of alkyl halides is 3. The quantitative estimate of drug-likeness (QED) is 0.695. The second kappa shape index (κ2) is 8.10. The minimum absolute atomic E-state index is 0.0113. The molecule has 0 aliphatic heterocycles. The Morgan fingerprint density at radius 1 is 1.24 bits per heavy atom. The van der Waals surface area contributed by atoms with E-state index in [4.69, 9.17) is 4.74 Å². The van der Waals surface area contributed by atoms with Gasteiger partial charge in [-0.15, -0.1) is 0 Å². The Labute approximate surface area is 123 Å². The van der Waals surface area contributed by atoms with Crippen LogP contribution in [-0.2, 0) is 6.18 Å². The number of pyridine rings is 1. The molecule has 1 unspecified atom stereocenters. The maximum atomic E-state index is 12.8. The first-order chi connectivity index (χ1) is 9.86. The normalized spacial score (nSPS) is 13.0. The molecule has 0 aliphatic carbocycles. The molecular formula is C15H23F3N2O. The van der Waals surface area contributed by atoms with Crippen molar-refractivity contribution in [2.45, 2.75) is 58.2 Å². The van der Waals surface area contributed by atoms with Crippen LogP contribution in [0.25, 0.3) is 0 Å². The Hall–Kier alpha value is -1.46. The molecule has 0 fully saturated rings. The van der Waals surface area contributed by atoms with E-state index in [0.29, 0.717) is 0 Å². The summed E-state index contributed by atoms with van der Waals surface area (Å²) >= 11 is 0. The topological polar surface area (TPSA) is 34.1 Å². The molecule has 3 nitrogen and oxygen atoms in total. The second-order valence-corrected chi connectivity index (χ2v) is 5.10. The van der Waals surface area contributed by atoms with E-state index in [2.05, 4.69) is 17.2 Å². The summed E-state index contributed by atoms with van der Waals surface area (Å²) in [6, 6.07) is 1.92. The standard InChI is InChI=1S/C15H23F3N2O/c1-4-5-6-7-8-11(2)21-14-10-12(15(16,17)18)9-13(19-3)20-14/h9-11H,4-8H2,1-3H3,(H,19,20). The molecule has 21 heavy (non-hydrogen) atoms. The van der Waals surface area contributed by atoms with Crippen molar-refractivity contribution in [1.82, 2.24) is 4.98 Å². The first kappa shape index (κ1) is 17.6. The third-order valence-electron chi connectivity index (χ3n) is 3.17. The van der Waals surface area contributed by atoms with Crippen molar-refractivity contribution in [2.24, 2.45) is 0 Å². The monoisotopic (exact) mass is 304 g/mol. The maximum absolute atomic E-state index is 12.8. The van der Waals surface area contributed by atoms with Gasteiger partial charge in [-0.25, -0.2) is 0 Å². The van der Waals surface area contributed by atoms with Gasteiger partial charge < -0.3 is 10.1 Å². The van der Waals surface area contributed by atoms with Crippen LogP contribution in [-0.4, -0.2) is 18.1 Å². The zero-order valence-electron chi connectivity index (χ0n) is 12.8. The minimum Gasteiger partial charge on any atom is -0.475 e. The summed E-state index contributed by atoms with van der Waals surface area (Å²) < 4.78 is 43.9. The summed E-state index contributed by atoms with van der Waals surface area (Å²) in [7, 11) is 1.53. The summed E-state index contributed by atoms with van der Waals surface area (Å²) in [5.41, 5.74) is -0.755. The Balaban J connectivity index is 2.69. The molecule has 0 aliphatic rings. The fourth-order valence-electron chi connectivity index (χ4n) is 1.98. The van der Waals surface area contributed by atoms with Gasteiger partial charge in [-0.2, -0.15) is 18.2 Å². The number of anilines is 1. The number of hydrogen-bond acceptors (Lipinski definition) is 3. The molecular weight excluding hydrogens is 281 g/mol. The minimum atomic E-state index is -4.41. The fourth-order valence-corrected chi connectivity index (χ4v) is 1.98. The van der Waals surface area contributed by atoms with Crippen molar-refractivity contribution < 1.29 is 17.9 Å². The predicted octanol–water partition coefficient (Wildman–Crippen LogP) is 4.88. The highest BCUT2D eigenvalue weighted by Gasteiger charge is 2.32. The lowest BCUT2D eigenvalue weighted by Crippen LogP contribution is -2.14. The van der Waals surface area contributed by atoms with Gasteiger partial charge in [0.2, 0.25) is 5.88 Å². The number of nitrogens with zero attached hydrogens (tertiary/aromatic N) is 1. The third-order valence-corrected chi connectivity index (χ3v) is 3.17. The van der Waals surface area contributed by atoms with Crippen LogP contribution in [0.15, 0.2) is 12.1 Å². The van der Waals surface area contributed by atoms with Gasteiger partial charge in [0.1, 0.15) is 5.82 Å². The molecule has 0 saturated carbocycles. The summed E-state index contributed by atoms with van der Waals surface area (Å²) in [5.74, 6) is 0.162. The summed E-state index contributed by atoms with van der Waals surface area (Å²) in [4.78, 5) is 4.02. The number of aromatic nitrogens is 1. The highest BCUT2D eigenvalue weighted by atomic mass is 19.4. The summed E-state index contributed by atoms with van der Waals surface area (Å²) in [6.07, 6.45) is 0.690. The number of nitrogens with one attached hydrogen (secondary N) is 1. The number of ether oxygens (including phenoxy) is 1. The van der Waals surface area contributed by atoms with Gasteiger partial charge in [0.15, 0.2) is 0 Å². The van der Waals surface area contributed by atoms with Crippen molar-refractivity contribution in [3.05, 3.63) is 17.7 Å².